The fourth-order valence-corrected chi connectivity index (χ4v) is 4.73. The van der Waals surface area contributed by atoms with Crippen LogP contribution in [0.15, 0.2) is 70.7 Å². The SMILES string of the molecule is Cc1cc(Nc2cc(N3CC(C)C3)nc(Sc3ccc(NC(=O)c4ccccc4Cl)cc3)n2)n[nH]1. The summed E-state index contributed by atoms with van der Waals surface area (Å²) < 4.78 is 0. The Morgan fingerprint density at radius 1 is 1.09 bits per heavy atom. The molecule has 178 valence electrons. The topological polar surface area (TPSA) is 98.8 Å². The van der Waals surface area contributed by atoms with Crippen molar-refractivity contribution in [3.8, 4) is 0 Å². The number of benzene rings is 2. The first-order valence-electron chi connectivity index (χ1n) is 11.2. The Morgan fingerprint density at radius 2 is 1.86 bits per heavy atom. The molecule has 4 aromatic rings. The summed E-state index contributed by atoms with van der Waals surface area (Å²) in [6.45, 7) is 6.13. The normalized spacial score (nSPS) is 13.4. The van der Waals surface area contributed by atoms with Crippen molar-refractivity contribution in [2.45, 2.75) is 23.9 Å². The van der Waals surface area contributed by atoms with Gasteiger partial charge in [-0.15, -0.1) is 0 Å². The fraction of sp³-hybridized carbons (Fsp3) is 0.200. The number of carbonyl (C=O) groups is 1. The highest BCUT2D eigenvalue weighted by Gasteiger charge is 2.25. The van der Waals surface area contributed by atoms with Crippen molar-refractivity contribution < 1.29 is 4.79 Å². The third-order valence-corrected chi connectivity index (χ3v) is 6.68. The largest absolute Gasteiger partial charge is 0.356 e. The summed E-state index contributed by atoms with van der Waals surface area (Å²) in [7, 11) is 0. The molecule has 1 aliphatic rings. The Hall–Kier alpha value is -3.56. The van der Waals surface area contributed by atoms with Crippen molar-refractivity contribution >= 4 is 52.4 Å². The van der Waals surface area contributed by atoms with E-state index in [0.717, 1.165) is 29.5 Å². The zero-order valence-electron chi connectivity index (χ0n) is 19.2. The van der Waals surface area contributed by atoms with Crippen molar-refractivity contribution in [2.75, 3.05) is 28.6 Å². The van der Waals surface area contributed by atoms with E-state index in [4.69, 9.17) is 16.6 Å². The van der Waals surface area contributed by atoms with E-state index in [-0.39, 0.29) is 5.91 Å². The second-order valence-corrected chi connectivity index (χ2v) is 9.97. The summed E-state index contributed by atoms with van der Waals surface area (Å²) in [5, 5.41) is 14.4. The van der Waals surface area contributed by atoms with Gasteiger partial charge >= 0.3 is 0 Å². The zero-order valence-corrected chi connectivity index (χ0v) is 20.8. The molecule has 2 aromatic heterocycles. The molecule has 0 radical (unpaired) electrons. The Labute approximate surface area is 212 Å². The van der Waals surface area contributed by atoms with Gasteiger partial charge in [-0.1, -0.05) is 30.7 Å². The third kappa shape index (κ3) is 5.58. The van der Waals surface area contributed by atoms with E-state index in [9.17, 15) is 4.79 Å². The Bertz CT molecular complexity index is 1350. The quantitative estimate of drug-likeness (QED) is 0.274. The average molecular weight is 506 g/mol. The molecule has 0 unspecified atom stereocenters. The van der Waals surface area contributed by atoms with Gasteiger partial charge in [-0.3, -0.25) is 9.89 Å². The van der Waals surface area contributed by atoms with Gasteiger partial charge in [-0.05, 0) is 61.0 Å². The second-order valence-electron chi connectivity index (χ2n) is 8.53. The highest BCUT2D eigenvalue weighted by Crippen LogP contribution is 2.32. The van der Waals surface area contributed by atoms with E-state index >= 15 is 0 Å². The maximum atomic E-state index is 12.5. The summed E-state index contributed by atoms with van der Waals surface area (Å²) in [4.78, 5) is 25.2. The number of nitrogens with one attached hydrogen (secondary N) is 3. The number of aromatic amines is 1. The summed E-state index contributed by atoms with van der Waals surface area (Å²) in [5.74, 6) is 2.69. The maximum absolute atomic E-state index is 12.5. The van der Waals surface area contributed by atoms with Crippen molar-refractivity contribution in [3.63, 3.8) is 0 Å². The maximum Gasteiger partial charge on any atom is 0.257 e. The lowest BCUT2D eigenvalue weighted by Gasteiger charge is -2.38. The van der Waals surface area contributed by atoms with Crippen LogP contribution in [0.25, 0.3) is 0 Å². The van der Waals surface area contributed by atoms with Crippen LogP contribution in [-0.4, -0.2) is 39.2 Å². The van der Waals surface area contributed by atoms with Crippen LogP contribution in [0.3, 0.4) is 0 Å². The lowest BCUT2D eigenvalue weighted by atomic mass is 10.0. The molecule has 35 heavy (non-hydrogen) atoms. The van der Waals surface area contributed by atoms with E-state index in [1.807, 2.05) is 43.3 Å². The van der Waals surface area contributed by atoms with Gasteiger partial charge in [0.25, 0.3) is 5.91 Å². The predicted molar refractivity (Wildman–Crippen MR) is 140 cm³/mol. The van der Waals surface area contributed by atoms with Crippen LogP contribution in [0.5, 0.6) is 0 Å². The van der Waals surface area contributed by atoms with Gasteiger partial charge in [-0.2, -0.15) is 5.10 Å². The number of anilines is 4. The van der Waals surface area contributed by atoms with E-state index < -0.39 is 0 Å². The molecular weight excluding hydrogens is 482 g/mol. The predicted octanol–water partition coefficient (Wildman–Crippen LogP) is 5.76. The van der Waals surface area contributed by atoms with E-state index in [1.54, 1.807) is 24.3 Å². The van der Waals surface area contributed by atoms with Gasteiger partial charge in [0.2, 0.25) is 0 Å². The smallest absolute Gasteiger partial charge is 0.257 e. The van der Waals surface area contributed by atoms with Crippen LogP contribution in [-0.2, 0) is 0 Å². The van der Waals surface area contributed by atoms with E-state index in [2.05, 4.69) is 37.6 Å². The van der Waals surface area contributed by atoms with Crippen molar-refractivity contribution in [1.29, 1.82) is 0 Å². The number of aromatic nitrogens is 4. The molecule has 1 saturated heterocycles. The highest BCUT2D eigenvalue weighted by atomic mass is 35.5. The van der Waals surface area contributed by atoms with Crippen LogP contribution >= 0.6 is 23.4 Å². The number of rotatable bonds is 7. The highest BCUT2D eigenvalue weighted by molar-refractivity contribution is 7.99. The minimum absolute atomic E-state index is 0.250. The monoisotopic (exact) mass is 505 g/mol. The number of halogens is 1. The Balaban J connectivity index is 1.32. The molecule has 0 bridgehead atoms. The molecule has 0 aliphatic carbocycles. The Kier molecular flexibility index (Phi) is 6.61. The zero-order chi connectivity index (χ0) is 24.4. The molecule has 1 fully saturated rings. The summed E-state index contributed by atoms with van der Waals surface area (Å²) >= 11 is 7.59. The molecule has 8 nitrogen and oxygen atoms in total. The molecule has 3 N–H and O–H groups in total. The van der Waals surface area contributed by atoms with Gasteiger partial charge in [-0.25, -0.2) is 9.97 Å². The number of nitrogens with zero attached hydrogens (tertiary/aromatic N) is 4. The lowest BCUT2D eigenvalue weighted by Crippen LogP contribution is -2.45. The number of hydrogen-bond acceptors (Lipinski definition) is 7. The van der Waals surface area contributed by atoms with E-state index in [0.29, 0.717) is 39.0 Å². The fourth-order valence-electron chi connectivity index (χ4n) is 3.74. The third-order valence-electron chi connectivity index (χ3n) is 5.48. The standard InChI is InChI=1S/C25H24ClN7OS/c1-15-13-33(14-15)23-12-21(28-22-11-16(2)31-32-22)29-25(30-23)35-18-9-7-17(8-10-18)27-24(34)19-5-3-4-6-20(19)26/h3-12,15H,13-14H2,1-2H3,(H,27,34)(H2,28,29,30,31,32). The molecule has 1 aliphatic heterocycles. The number of amides is 1. The first kappa shape index (κ1) is 23.2. The van der Waals surface area contributed by atoms with Crippen LogP contribution in [0.1, 0.15) is 23.0 Å². The number of carbonyl (C=O) groups excluding carboxylic acids is 1. The first-order chi connectivity index (χ1) is 16.9. The van der Waals surface area contributed by atoms with Crippen molar-refractivity contribution in [1.82, 2.24) is 20.2 Å². The van der Waals surface area contributed by atoms with Gasteiger partial charge < -0.3 is 15.5 Å². The molecule has 2 aromatic carbocycles. The Morgan fingerprint density at radius 3 is 2.54 bits per heavy atom. The molecule has 0 saturated carbocycles. The molecule has 3 heterocycles. The lowest BCUT2D eigenvalue weighted by molar-refractivity contribution is 0.102. The first-order valence-corrected chi connectivity index (χ1v) is 12.4. The van der Waals surface area contributed by atoms with E-state index in [1.165, 1.54) is 11.8 Å². The summed E-state index contributed by atoms with van der Waals surface area (Å²) in [6.07, 6.45) is 0. The van der Waals surface area contributed by atoms with Gasteiger partial charge in [0.05, 0.1) is 10.6 Å². The molecule has 5 rings (SSSR count). The van der Waals surface area contributed by atoms with Crippen molar-refractivity contribution in [3.05, 3.63) is 76.9 Å². The second kappa shape index (κ2) is 9.97. The number of aryl methyl sites for hydroxylation is 1. The van der Waals surface area contributed by atoms with Gasteiger partial charge in [0.15, 0.2) is 11.0 Å². The summed E-state index contributed by atoms with van der Waals surface area (Å²) in [5.41, 5.74) is 2.08. The number of H-pyrrole nitrogens is 1. The van der Waals surface area contributed by atoms with Crippen LogP contribution in [0, 0.1) is 12.8 Å². The molecular formula is C25H24ClN7OS. The van der Waals surface area contributed by atoms with Crippen LogP contribution in [0.2, 0.25) is 5.02 Å². The van der Waals surface area contributed by atoms with Crippen LogP contribution < -0.4 is 15.5 Å². The van der Waals surface area contributed by atoms with Gasteiger partial charge in [0.1, 0.15) is 11.6 Å². The molecule has 0 spiro atoms. The average Bonchev–Trinajstić information content (AvgIpc) is 3.22. The molecule has 10 heteroatoms. The van der Waals surface area contributed by atoms with Crippen molar-refractivity contribution in [2.24, 2.45) is 5.92 Å². The van der Waals surface area contributed by atoms with Crippen LogP contribution in [0.4, 0.5) is 23.1 Å². The minimum atomic E-state index is -0.250. The minimum Gasteiger partial charge on any atom is -0.356 e. The molecule has 1 amide bonds. The summed E-state index contributed by atoms with van der Waals surface area (Å²) in [6, 6.07) is 18.4. The number of hydrogen-bond donors (Lipinski definition) is 3. The van der Waals surface area contributed by atoms with Gasteiger partial charge in [0, 0.05) is 41.5 Å². The molecule has 0 atom stereocenters.